The third-order valence-corrected chi connectivity index (χ3v) is 4.54. The second-order valence-electron chi connectivity index (χ2n) is 5.99. The van der Waals surface area contributed by atoms with Gasteiger partial charge in [0.2, 0.25) is 5.91 Å². The Kier molecular flexibility index (Phi) is 7.76. The number of benzene rings is 1. The average Bonchev–Trinajstić information content (AvgIpc) is 2.49. The fraction of sp³-hybridized carbons (Fsp3) is 0.588. The molecule has 21 heavy (non-hydrogen) atoms. The number of carbonyl (C=O) groups is 1. The molecule has 0 spiro atoms. The summed E-state index contributed by atoms with van der Waals surface area (Å²) in [7, 11) is 0. The van der Waals surface area contributed by atoms with Gasteiger partial charge in [0, 0.05) is 6.54 Å². The highest BCUT2D eigenvalue weighted by atomic mass is 35.5. The van der Waals surface area contributed by atoms with Gasteiger partial charge in [-0.25, -0.2) is 0 Å². The van der Waals surface area contributed by atoms with Gasteiger partial charge >= 0.3 is 0 Å². The van der Waals surface area contributed by atoms with Crippen LogP contribution in [0.2, 0.25) is 0 Å². The summed E-state index contributed by atoms with van der Waals surface area (Å²) in [6, 6.07) is 8.98. The van der Waals surface area contributed by atoms with Crippen molar-refractivity contribution >= 4 is 18.3 Å². The van der Waals surface area contributed by atoms with Gasteiger partial charge in [0.15, 0.2) is 0 Å². The molecule has 3 atom stereocenters. The second-order valence-corrected chi connectivity index (χ2v) is 5.99. The molecule has 0 radical (unpaired) electrons. The van der Waals surface area contributed by atoms with Crippen molar-refractivity contribution in [1.82, 2.24) is 5.32 Å². The van der Waals surface area contributed by atoms with Crippen LogP contribution >= 0.6 is 12.4 Å². The first-order valence-electron chi connectivity index (χ1n) is 7.76. The number of hydrogen-bond acceptors (Lipinski definition) is 2. The van der Waals surface area contributed by atoms with Gasteiger partial charge < -0.3 is 11.1 Å². The molecule has 4 heteroatoms. The van der Waals surface area contributed by atoms with Crippen LogP contribution in [0, 0.1) is 11.8 Å². The third-order valence-electron chi connectivity index (χ3n) is 4.54. The fourth-order valence-electron chi connectivity index (χ4n) is 3.12. The predicted octanol–water partition coefficient (Wildman–Crippen LogP) is 3.44. The fourth-order valence-corrected chi connectivity index (χ4v) is 3.12. The third kappa shape index (κ3) is 5.33. The van der Waals surface area contributed by atoms with Crippen molar-refractivity contribution in [2.75, 3.05) is 6.54 Å². The summed E-state index contributed by atoms with van der Waals surface area (Å²) in [5.74, 6) is 1.49. The molecule has 0 bridgehead atoms. The summed E-state index contributed by atoms with van der Waals surface area (Å²) in [6.07, 6.45) is 6.42. The molecule has 0 heterocycles. The van der Waals surface area contributed by atoms with Gasteiger partial charge in [-0.15, -0.1) is 12.4 Å². The number of rotatable bonds is 5. The van der Waals surface area contributed by atoms with Crippen LogP contribution in [0.5, 0.6) is 0 Å². The molecule has 1 aromatic carbocycles. The minimum atomic E-state index is -0.556. The number of nitrogens with two attached hydrogens (primary N) is 1. The van der Waals surface area contributed by atoms with E-state index < -0.39 is 6.04 Å². The van der Waals surface area contributed by atoms with Crippen LogP contribution in [0.1, 0.15) is 50.6 Å². The normalized spacial score (nSPS) is 23.0. The second kappa shape index (κ2) is 9.06. The number of carbonyl (C=O) groups excluding carboxylic acids is 1. The Morgan fingerprint density at radius 2 is 1.95 bits per heavy atom. The molecule has 1 amide bonds. The van der Waals surface area contributed by atoms with Crippen LogP contribution in [0.4, 0.5) is 0 Å². The Morgan fingerprint density at radius 1 is 1.29 bits per heavy atom. The Labute approximate surface area is 134 Å². The zero-order chi connectivity index (χ0) is 14.4. The number of halogens is 1. The van der Waals surface area contributed by atoms with E-state index in [0.717, 1.165) is 30.4 Å². The van der Waals surface area contributed by atoms with Crippen LogP contribution in [-0.4, -0.2) is 12.5 Å². The van der Waals surface area contributed by atoms with Crippen LogP contribution in [0.3, 0.4) is 0 Å². The van der Waals surface area contributed by atoms with E-state index in [-0.39, 0.29) is 18.3 Å². The topological polar surface area (TPSA) is 55.1 Å². The highest BCUT2D eigenvalue weighted by molar-refractivity contribution is 5.85. The number of hydrogen-bond donors (Lipinski definition) is 2. The molecule has 2 rings (SSSR count). The van der Waals surface area contributed by atoms with Crippen molar-refractivity contribution in [2.24, 2.45) is 17.6 Å². The van der Waals surface area contributed by atoms with Gasteiger partial charge in [-0.05, 0) is 23.8 Å². The summed E-state index contributed by atoms with van der Waals surface area (Å²) in [5.41, 5.74) is 6.84. The molecule has 1 aromatic rings. The van der Waals surface area contributed by atoms with Gasteiger partial charge in [-0.2, -0.15) is 0 Å². The van der Waals surface area contributed by atoms with E-state index in [1.165, 1.54) is 25.7 Å². The molecule has 0 aromatic heterocycles. The van der Waals surface area contributed by atoms with Crippen LogP contribution < -0.4 is 11.1 Å². The smallest absolute Gasteiger partial charge is 0.241 e. The van der Waals surface area contributed by atoms with E-state index in [9.17, 15) is 4.79 Å². The van der Waals surface area contributed by atoms with Gasteiger partial charge in [0.25, 0.3) is 0 Å². The summed E-state index contributed by atoms with van der Waals surface area (Å²) >= 11 is 0. The van der Waals surface area contributed by atoms with E-state index >= 15 is 0 Å². The van der Waals surface area contributed by atoms with E-state index in [1.54, 1.807) is 0 Å². The first kappa shape index (κ1) is 18.0. The average molecular weight is 311 g/mol. The van der Waals surface area contributed by atoms with Crippen molar-refractivity contribution in [3.05, 3.63) is 35.9 Å². The van der Waals surface area contributed by atoms with Gasteiger partial charge in [0.05, 0.1) is 0 Å². The lowest BCUT2D eigenvalue weighted by Crippen LogP contribution is -2.35. The molecular weight excluding hydrogens is 284 g/mol. The molecular formula is C17H27ClN2O. The molecule has 3 nitrogen and oxygen atoms in total. The molecule has 1 fully saturated rings. The van der Waals surface area contributed by atoms with E-state index in [0.29, 0.717) is 0 Å². The van der Waals surface area contributed by atoms with Gasteiger partial charge in [-0.1, -0.05) is 62.9 Å². The predicted molar refractivity (Wildman–Crippen MR) is 89.4 cm³/mol. The maximum absolute atomic E-state index is 12.0. The zero-order valence-corrected chi connectivity index (χ0v) is 13.6. The minimum absolute atomic E-state index is 0. The summed E-state index contributed by atoms with van der Waals surface area (Å²) in [6.45, 7) is 3.08. The van der Waals surface area contributed by atoms with Crippen molar-refractivity contribution in [1.29, 1.82) is 0 Å². The Morgan fingerprint density at radius 3 is 2.62 bits per heavy atom. The summed E-state index contributed by atoms with van der Waals surface area (Å²) < 4.78 is 0. The quantitative estimate of drug-likeness (QED) is 0.875. The lowest BCUT2D eigenvalue weighted by molar-refractivity contribution is -0.122. The minimum Gasteiger partial charge on any atom is -0.354 e. The van der Waals surface area contributed by atoms with Gasteiger partial charge in [0.1, 0.15) is 6.04 Å². The van der Waals surface area contributed by atoms with Crippen molar-refractivity contribution < 1.29 is 4.79 Å². The molecule has 3 N–H and O–H groups in total. The summed E-state index contributed by atoms with van der Waals surface area (Å²) in [4.78, 5) is 12.0. The van der Waals surface area contributed by atoms with Crippen LogP contribution in [0.15, 0.2) is 30.3 Å². The van der Waals surface area contributed by atoms with E-state index in [4.69, 9.17) is 5.73 Å². The standard InChI is InChI=1S/C17H26N2O.ClH/c1-13-7-5-6-8-14(13)11-12-19-17(20)16(18)15-9-3-2-4-10-15;/h2-4,9-10,13-14,16H,5-8,11-12,18H2,1H3,(H,19,20);1H. The van der Waals surface area contributed by atoms with E-state index in [2.05, 4.69) is 12.2 Å². The SMILES string of the molecule is CC1CCCCC1CCNC(=O)C(N)c1ccccc1.Cl. The van der Waals surface area contributed by atoms with Crippen molar-refractivity contribution in [3.63, 3.8) is 0 Å². The van der Waals surface area contributed by atoms with E-state index in [1.807, 2.05) is 30.3 Å². The Bertz CT molecular complexity index is 424. The lowest BCUT2D eigenvalue weighted by atomic mass is 9.79. The molecule has 1 aliphatic carbocycles. The Balaban J connectivity index is 0.00000220. The molecule has 0 saturated heterocycles. The highest BCUT2D eigenvalue weighted by Gasteiger charge is 2.21. The highest BCUT2D eigenvalue weighted by Crippen LogP contribution is 2.31. The Hall–Kier alpha value is -1.06. The van der Waals surface area contributed by atoms with Gasteiger partial charge in [-0.3, -0.25) is 4.79 Å². The molecule has 1 aliphatic rings. The molecule has 118 valence electrons. The number of nitrogens with one attached hydrogen (secondary N) is 1. The van der Waals surface area contributed by atoms with Crippen LogP contribution in [-0.2, 0) is 4.79 Å². The summed E-state index contributed by atoms with van der Waals surface area (Å²) in [5, 5.41) is 2.98. The van der Waals surface area contributed by atoms with Crippen molar-refractivity contribution in [3.8, 4) is 0 Å². The molecule has 3 unspecified atom stereocenters. The first-order valence-corrected chi connectivity index (χ1v) is 7.76. The largest absolute Gasteiger partial charge is 0.354 e. The molecule has 0 aliphatic heterocycles. The van der Waals surface area contributed by atoms with Crippen molar-refractivity contribution in [2.45, 2.75) is 45.1 Å². The first-order chi connectivity index (χ1) is 9.68. The lowest BCUT2D eigenvalue weighted by Gasteiger charge is -2.28. The monoisotopic (exact) mass is 310 g/mol. The van der Waals surface area contributed by atoms with Crippen LogP contribution in [0.25, 0.3) is 0 Å². The zero-order valence-electron chi connectivity index (χ0n) is 12.8. The molecule has 1 saturated carbocycles. The number of amides is 1. The maximum atomic E-state index is 12.0. The maximum Gasteiger partial charge on any atom is 0.241 e.